The van der Waals surface area contributed by atoms with Gasteiger partial charge in [-0.05, 0) is 112 Å². The zero-order chi connectivity index (χ0) is 24.5. The highest BCUT2D eigenvalue weighted by Gasteiger charge is 2.21. The fourth-order valence-electron chi connectivity index (χ4n) is 4.08. The molecule has 0 unspecified atom stereocenters. The van der Waals surface area contributed by atoms with Crippen LogP contribution in [-0.4, -0.2) is 14.3 Å². The number of nitrogens with one attached hydrogen (secondary N) is 2. The predicted octanol–water partition coefficient (Wildman–Crippen LogP) is 5.83. The summed E-state index contributed by atoms with van der Waals surface area (Å²) in [6.45, 7) is 13.6. The van der Waals surface area contributed by atoms with Gasteiger partial charge in [-0.1, -0.05) is 24.3 Å². The van der Waals surface area contributed by atoms with Gasteiger partial charge in [0.1, 0.15) is 0 Å². The fourth-order valence-corrected chi connectivity index (χ4v) is 5.39. The van der Waals surface area contributed by atoms with E-state index in [0.29, 0.717) is 16.8 Å². The van der Waals surface area contributed by atoms with Crippen LogP contribution in [0.5, 0.6) is 0 Å². The largest absolute Gasteiger partial charge is 0.346 e. The minimum absolute atomic E-state index is 0.0873. The van der Waals surface area contributed by atoms with Crippen molar-refractivity contribution in [1.29, 1.82) is 0 Å². The van der Waals surface area contributed by atoms with Gasteiger partial charge in [0.2, 0.25) is 0 Å². The molecule has 0 aromatic heterocycles. The molecule has 3 aromatic rings. The lowest BCUT2D eigenvalue weighted by atomic mass is 9.96. The van der Waals surface area contributed by atoms with Crippen LogP contribution in [0.2, 0.25) is 0 Å². The van der Waals surface area contributed by atoms with E-state index in [-0.39, 0.29) is 16.8 Å². The van der Waals surface area contributed by atoms with Crippen LogP contribution in [0.15, 0.2) is 53.4 Å². The van der Waals surface area contributed by atoms with Crippen molar-refractivity contribution in [1.82, 2.24) is 5.32 Å². The maximum absolute atomic E-state index is 13.1. The highest BCUT2D eigenvalue weighted by Crippen LogP contribution is 2.24. The van der Waals surface area contributed by atoms with Crippen molar-refractivity contribution in [3.63, 3.8) is 0 Å². The zero-order valence-electron chi connectivity index (χ0n) is 20.3. The summed E-state index contributed by atoms with van der Waals surface area (Å²) in [4.78, 5) is 13.1. The predicted molar refractivity (Wildman–Crippen MR) is 134 cm³/mol. The second kappa shape index (κ2) is 9.40. The van der Waals surface area contributed by atoms with Crippen molar-refractivity contribution in [2.45, 2.75) is 59.4 Å². The van der Waals surface area contributed by atoms with E-state index in [4.69, 9.17) is 0 Å². The van der Waals surface area contributed by atoms with Crippen molar-refractivity contribution >= 4 is 21.6 Å². The highest BCUT2D eigenvalue weighted by atomic mass is 32.2. The van der Waals surface area contributed by atoms with Crippen LogP contribution >= 0.6 is 0 Å². The normalized spacial score (nSPS) is 12.3. The van der Waals surface area contributed by atoms with Crippen molar-refractivity contribution in [3.05, 3.63) is 93.0 Å². The molecule has 33 heavy (non-hydrogen) atoms. The van der Waals surface area contributed by atoms with E-state index in [9.17, 15) is 13.2 Å². The highest BCUT2D eigenvalue weighted by molar-refractivity contribution is 7.92. The lowest BCUT2D eigenvalue weighted by Crippen LogP contribution is -2.27. The molecule has 0 saturated carbocycles. The zero-order valence-corrected chi connectivity index (χ0v) is 21.1. The number of sulfonamides is 1. The molecule has 1 atom stereocenters. The molecule has 6 heteroatoms. The Labute approximate surface area is 197 Å². The number of hydrogen-bond acceptors (Lipinski definition) is 3. The molecule has 0 radical (unpaired) electrons. The lowest BCUT2D eigenvalue weighted by Gasteiger charge is -2.19. The van der Waals surface area contributed by atoms with Gasteiger partial charge in [0, 0.05) is 11.3 Å². The molecule has 0 saturated heterocycles. The van der Waals surface area contributed by atoms with Gasteiger partial charge >= 0.3 is 0 Å². The molecule has 0 aliphatic rings. The average molecular weight is 465 g/mol. The summed E-state index contributed by atoms with van der Waals surface area (Å²) in [6, 6.07) is 14.3. The minimum atomic E-state index is -3.86. The summed E-state index contributed by atoms with van der Waals surface area (Å²) in [6.07, 6.45) is 0. The molecule has 0 aliphatic heterocycles. The Hall–Kier alpha value is -3.12. The van der Waals surface area contributed by atoms with Crippen LogP contribution < -0.4 is 10.0 Å². The average Bonchev–Trinajstić information content (AvgIpc) is 2.69. The van der Waals surface area contributed by atoms with Crippen molar-refractivity contribution in [3.8, 4) is 0 Å². The van der Waals surface area contributed by atoms with Gasteiger partial charge in [-0.3, -0.25) is 9.52 Å². The fraction of sp³-hybridized carbons (Fsp3) is 0.296. The van der Waals surface area contributed by atoms with E-state index in [1.54, 1.807) is 31.2 Å². The second-order valence-electron chi connectivity index (χ2n) is 8.95. The summed E-state index contributed by atoms with van der Waals surface area (Å²) in [7, 11) is -3.86. The first-order valence-electron chi connectivity index (χ1n) is 11.0. The van der Waals surface area contributed by atoms with Gasteiger partial charge in [-0.15, -0.1) is 0 Å². The maximum atomic E-state index is 13.1. The van der Waals surface area contributed by atoms with Crippen LogP contribution in [0.25, 0.3) is 0 Å². The summed E-state index contributed by atoms with van der Waals surface area (Å²) in [5.74, 6) is -0.317. The number of hydrogen-bond donors (Lipinski definition) is 2. The van der Waals surface area contributed by atoms with Crippen LogP contribution in [0, 0.1) is 41.5 Å². The van der Waals surface area contributed by atoms with Gasteiger partial charge in [0.15, 0.2) is 0 Å². The quantitative estimate of drug-likeness (QED) is 0.482. The SMILES string of the molecule is Cc1cc(C)cc(NS(=O)(=O)c2cc(C(=O)N[C@@H](C)c3cc(C)c(C)cc3C)ccc2C)c1. The molecule has 0 aliphatic carbocycles. The Bertz CT molecular complexity index is 1310. The third kappa shape index (κ3) is 5.63. The van der Waals surface area contributed by atoms with E-state index in [1.165, 1.54) is 11.6 Å². The van der Waals surface area contributed by atoms with Crippen molar-refractivity contribution in [2.75, 3.05) is 4.72 Å². The molecule has 3 aromatic carbocycles. The summed E-state index contributed by atoms with van der Waals surface area (Å²) < 4.78 is 28.9. The van der Waals surface area contributed by atoms with Gasteiger partial charge < -0.3 is 5.32 Å². The molecule has 3 rings (SSSR count). The number of rotatable bonds is 6. The lowest BCUT2D eigenvalue weighted by molar-refractivity contribution is 0.0939. The van der Waals surface area contributed by atoms with E-state index < -0.39 is 10.0 Å². The molecule has 5 nitrogen and oxygen atoms in total. The first-order chi connectivity index (χ1) is 15.4. The Balaban J connectivity index is 1.87. The smallest absolute Gasteiger partial charge is 0.262 e. The molecule has 1 amide bonds. The first-order valence-corrected chi connectivity index (χ1v) is 12.5. The van der Waals surface area contributed by atoms with E-state index in [1.807, 2.05) is 40.7 Å². The number of anilines is 1. The number of carbonyl (C=O) groups is 1. The topological polar surface area (TPSA) is 75.3 Å². The van der Waals surface area contributed by atoms with Crippen LogP contribution in [0.1, 0.15) is 62.3 Å². The number of aryl methyl sites for hydroxylation is 6. The number of amides is 1. The van der Waals surface area contributed by atoms with Crippen molar-refractivity contribution < 1.29 is 13.2 Å². The maximum Gasteiger partial charge on any atom is 0.262 e. The van der Waals surface area contributed by atoms with Gasteiger partial charge in [0.05, 0.1) is 10.9 Å². The summed E-state index contributed by atoms with van der Waals surface area (Å²) in [5.41, 5.74) is 7.83. The van der Waals surface area contributed by atoms with E-state index >= 15 is 0 Å². The van der Waals surface area contributed by atoms with Crippen LogP contribution in [-0.2, 0) is 10.0 Å². The number of carbonyl (C=O) groups excluding carboxylic acids is 1. The Kier molecular flexibility index (Phi) is 6.98. The van der Waals surface area contributed by atoms with E-state index in [2.05, 4.69) is 29.1 Å². The Morgan fingerprint density at radius 1 is 0.758 bits per heavy atom. The molecule has 2 N–H and O–H groups in total. The Morgan fingerprint density at radius 3 is 2.00 bits per heavy atom. The molecular weight excluding hydrogens is 432 g/mol. The third-order valence-corrected chi connectivity index (χ3v) is 7.43. The number of benzene rings is 3. The summed E-state index contributed by atoms with van der Waals surface area (Å²) >= 11 is 0. The van der Waals surface area contributed by atoms with Gasteiger partial charge in [-0.25, -0.2) is 8.42 Å². The molecule has 0 heterocycles. The second-order valence-corrected chi connectivity index (χ2v) is 10.6. The van der Waals surface area contributed by atoms with Gasteiger partial charge in [0.25, 0.3) is 15.9 Å². The molecule has 174 valence electrons. The van der Waals surface area contributed by atoms with E-state index in [0.717, 1.165) is 27.8 Å². The monoisotopic (exact) mass is 464 g/mol. The summed E-state index contributed by atoms with van der Waals surface area (Å²) in [5, 5.41) is 3.01. The molecule has 0 fully saturated rings. The first kappa shape index (κ1) is 24.5. The van der Waals surface area contributed by atoms with Crippen molar-refractivity contribution in [2.24, 2.45) is 0 Å². The van der Waals surface area contributed by atoms with Crippen LogP contribution in [0.4, 0.5) is 5.69 Å². The molecular formula is C27H32N2O3S. The molecule has 0 bridgehead atoms. The minimum Gasteiger partial charge on any atom is -0.346 e. The van der Waals surface area contributed by atoms with Gasteiger partial charge in [-0.2, -0.15) is 0 Å². The Morgan fingerprint density at radius 2 is 1.36 bits per heavy atom. The third-order valence-electron chi connectivity index (χ3n) is 5.91. The van der Waals surface area contributed by atoms with Crippen LogP contribution in [0.3, 0.4) is 0 Å². The standard InChI is InChI=1S/C27H32N2O3S/c1-16-10-17(2)12-24(11-16)29-33(31,32)26-15-23(9-8-18(26)3)27(30)28-22(7)25-14-20(5)19(4)13-21(25)6/h8-15,22,29H,1-7H3,(H,28,30)/t22-/m0/s1. The molecule has 0 spiro atoms.